The molecule has 7 heteroatoms. The Morgan fingerprint density at radius 2 is 1.56 bits per heavy atom. The Morgan fingerprint density at radius 3 is 2.07 bits per heavy atom. The first-order valence-corrected chi connectivity index (χ1v) is 8.69. The molecule has 27 heavy (non-hydrogen) atoms. The van der Waals surface area contributed by atoms with Gasteiger partial charge in [0.05, 0.1) is 31.6 Å². The van der Waals surface area contributed by atoms with Gasteiger partial charge in [-0.15, -0.1) is 0 Å². The lowest BCUT2D eigenvalue weighted by Crippen LogP contribution is -2.35. The number of methoxy groups -OCH3 is 2. The van der Waals surface area contributed by atoms with E-state index in [1.54, 1.807) is 36.4 Å². The van der Waals surface area contributed by atoms with Crippen molar-refractivity contribution in [2.45, 2.75) is 25.8 Å². The normalized spacial score (nSPS) is 11.4. The van der Waals surface area contributed by atoms with Crippen molar-refractivity contribution in [1.29, 1.82) is 0 Å². The molecule has 144 valence electrons. The van der Waals surface area contributed by atoms with E-state index >= 15 is 0 Å². The summed E-state index contributed by atoms with van der Waals surface area (Å²) in [4.78, 5) is 24.6. The third-order valence-electron chi connectivity index (χ3n) is 4.00. The molecule has 0 saturated carbocycles. The molecule has 2 aromatic carbocycles. The minimum Gasteiger partial charge on any atom is -0.494 e. The van der Waals surface area contributed by atoms with Crippen molar-refractivity contribution in [3.8, 4) is 11.5 Å². The summed E-state index contributed by atoms with van der Waals surface area (Å²) >= 11 is 0. The lowest BCUT2D eigenvalue weighted by molar-refractivity contribution is -0.117. The molecule has 0 radical (unpaired) electrons. The fourth-order valence-electron chi connectivity index (χ4n) is 2.54. The second-order valence-corrected chi connectivity index (χ2v) is 5.96. The van der Waals surface area contributed by atoms with Crippen LogP contribution in [-0.4, -0.2) is 32.1 Å². The number of benzene rings is 2. The van der Waals surface area contributed by atoms with Crippen LogP contribution in [0, 0.1) is 0 Å². The maximum absolute atomic E-state index is 12.4. The van der Waals surface area contributed by atoms with Gasteiger partial charge in [-0.2, -0.15) is 0 Å². The van der Waals surface area contributed by atoms with Crippen molar-refractivity contribution in [3.05, 3.63) is 48.0 Å². The van der Waals surface area contributed by atoms with E-state index in [0.717, 1.165) is 6.42 Å². The molecule has 0 fully saturated rings. The fraction of sp³-hybridized carbons (Fsp3) is 0.300. The largest absolute Gasteiger partial charge is 0.494 e. The molecule has 2 amide bonds. The lowest BCUT2D eigenvalue weighted by atomic mass is 10.1. The number of rotatable bonds is 8. The van der Waals surface area contributed by atoms with E-state index in [9.17, 15) is 9.59 Å². The second-order valence-electron chi connectivity index (χ2n) is 5.96. The molecule has 0 spiro atoms. The minimum atomic E-state index is -0.608. The summed E-state index contributed by atoms with van der Waals surface area (Å²) in [5, 5.41) is 5.55. The molecule has 0 aliphatic carbocycles. The monoisotopic (exact) mass is 371 g/mol. The van der Waals surface area contributed by atoms with E-state index < -0.39 is 6.04 Å². The Balaban J connectivity index is 2.27. The topological polar surface area (TPSA) is 103 Å². The molecular weight excluding hydrogens is 346 g/mol. The van der Waals surface area contributed by atoms with Crippen LogP contribution < -0.4 is 25.8 Å². The average Bonchev–Trinajstić information content (AvgIpc) is 2.69. The van der Waals surface area contributed by atoms with Crippen LogP contribution >= 0.6 is 0 Å². The highest BCUT2D eigenvalue weighted by molar-refractivity contribution is 6.05. The van der Waals surface area contributed by atoms with E-state index in [1.807, 2.05) is 13.0 Å². The molecule has 7 nitrogen and oxygen atoms in total. The van der Waals surface area contributed by atoms with Gasteiger partial charge in [0.25, 0.3) is 5.91 Å². The van der Waals surface area contributed by atoms with Gasteiger partial charge >= 0.3 is 0 Å². The summed E-state index contributed by atoms with van der Waals surface area (Å²) in [7, 11) is 2.96. The maximum atomic E-state index is 12.4. The van der Waals surface area contributed by atoms with Crippen LogP contribution in [0.4, 0.5) is 11.4 Å². The number of anilines is 2. The number of nitrogens with one attached hydrogen (secondary N) is 2. The quantitative estimate of drug-likeness (QED) is 0.662. The zero-order chi connectivity index (χ0) is 19.8. The van der Waals surface area contributed by atoms with Gasteiger partial charge in [-0.25, -0.2) is 0 Å². The number of carbonyl (C=O) groups is 2. The van der Waals surface area contributed by atoms with Crippen LogP contribution in [0.3, 0.4) is 0 Å². The molecule has 0 heterocycles. The number of hydrogen-bond donors (Lipinski definition) is 3. The third-order valence-corrected chi connectivity index (χ3v) is 4.00. The molecule has 1 atom stereocenters. The standard InChI is InChI=1S/C20H25N3O4/c1-4-8-14(21)20(25)23-16-12-17(26-2)15(11-18(16)27-3)22-19(24)13-9-6-5-7-10-13/h5-7,9-12,14H,4,8,21H2,1-3H3,(H,22,24)(H,23,25). The van der Waals surface area contributed by atoms with Gasteiger partial charge in [-0.3, -0.25) is 9.59 Å². The van der Waals surface area contributed by atoms with Crippen LogP contribution in [0.1, 0.15) is 30.1 Å². The Kier molecular flexibility index (Phi) is 7.19. The number of carbonyl (C=O) groups excluding carboxylic acids is 2. The number of hydrogen-bond acceptors (Lipinski definition) is 5. The molecule has 0 bridgehead atoms. The highest BCUT2D eigenvalue weighted by Gasteiger charge is 2.18. The first kappa shape index (κ1) is 20.3. The molecule has 2 aromatic rings. The Hall–Kier alpha value is -3.06. The van der Waals surface area contributed by atoms with Gasteiger partial charge in [0.2, 0.25) is 5.91 Å². The van der Waals surface area contributed by atoms with Crippen LogP contribution in [0.5, 0.6) is 11.5 Å². The van der Waals surface area contributed by atoms with Gasteiger partial charge in [-0.1, -0.05) is 31.5 Å². The predicted molar refractivity (Wildman–Crippen MR) is 105 cm³/mol. The summed E-state index contributed by atoms with van der Waals surface area (Å²) in [6, 6.07) is 11.4. The Morgan fingerprint density at radius 1 is 1.00 bits per heavy atom. The highest BCUT2D eigenvalue weighted by Crippen LogP contribution is 2.36. The number of ether oxygens (including phenoxy) is 2. The predicted octanol–water partition coefficient (Wildman–Crippen LogP) is 3.02. The SMILES string of the molecule is CCCC(N)C(=O)Nc1cc(OC)c(NC(=O)c2ccccc2)cc1OC. The van der Waals surface area contributed by atoms with E-state index in [1.165, 1.54) is 14.2 Å². The summed E-state index contributed by atoms with van der Waals surface area (Å²) in [6.07, 6.45) is 1.38. The molecule has 1 unspecified atom stereocenters. The van der Waals surface area contributed by atoms with Gasteiger partial charge in [0, 0.05) is 17.7 Å². The molecule has 2 rings (SSSR count). The molecular formula is C20H25N3O4. The molecule has 0 aromatic heterocycles. The van der Waals surface area contributed by atoms with Crippen molar-refractivity contribution < 1.29 is 19.1 Å². The van der Waals surface area contributed by atoms with Crippen LogP contribution in [0.25, 0.3) is 0 Å². The van der Waals surface area contributed by atoms with E-state index in [-0.39, 0.29) is 11.8 Å². The maximum Gasteiger partial charge on any atom is 0.255 e. The van der Waals surface area contributed by atoms with E-state index in [0.29, 0.717) is 34.9 Å². The van der Waals surface area contributed by atoms with Crippen molar-refractivity contribution in [2.24, 2.45) is 5.73 Å². The zero-order valence-corrected chi connectivity index (χ0v) is 15.7. The van der Waals surface area contributed by atoms with Gasteiger partial charge in [-0.05, 0) is 18.6 Å². The summed E-state index contributed by atoms with van der Waals surface area (Å²) in [5.41, 5.74) is 7.22. The van der Waals surface area contributed by atoms with Crippen molar-refractivity contribution in [1.82, 2.24) is 0 Å². The van der Waals surface area contributed by atoms with E-state index in [2.05, 4.69) is 10.6 Å². The van der Waals surface area contributed by atoms with Gasteiger partial charge in [0.15, 0.2) is 0 Å². The first-order chi connectivity index (χ1) is 13.0. The van der Waals surface area contributed by atoms with Crippen molar-refractivity contribution in [3.63, 3.8) is 0 Å². The number of amides is 2. The third kappa shape index (κ3) is 5.21. The molecule has 4 N–H and O–H groups in total. The summed E-state index contributed by atoms with van der Waals surface area (Å²) in [5.74, 6) is 0.187. The van der Waals surface area contributed by atoms with E-state index in [4.69, 9.17) is 15.2 Å². The summed E-state index contributed by atoms with van der Waals surface area (Å²) in [6.45, 7) is 1.96. The smallest absolute Gasteiger partial charge is 0.255 e. The molecule has 0 aliphatic rings. The Labute approximate surface area is 158 Å². The van der Waals surface area contributed by atoms with Crippen LogP contribution in [0.15, 0.2) is 42.5 Å². The first-order valence-electron chi connectivity index (χ1n) is 8.69. The van der Waals surface area contributed by atoms with Gasteiger partial charge in [0.1, 0.15) is 11.5 Å². The zero-order valence-electron chi connectivity index (χ0n) is 15.7. The van der Waals surface area contributed by atoms with Crippen molar-refractivity contribution >= 4 is 23.2 Å². The number of nitrogens with two attached hydrogens (primary N) is 1. The average molecular weight is 371 g/mol. The summed E-state index contributed by atoms with van der Waals surface area (Å²) < 4.78 is 10.7. The minimum absolute atomic E-state index is 0.280. The lowest BCUT2D eigenvalue weighted by Gasteiger charge is -2.17. The Bertz CT molecular complexity index is 793. The van der Waals surface area contributed by atoms with Crippen LogP contribution in [-0.2, 0) is 4.79 Å². The highest BCUT2D eigenvalue weighted by atomic mass is 16.5. The molecule has 0 saturated heterocycles. The van der Waals surface area contributed by atoms with Crippen molar-refractivity contribution in [2.75, 3.05) is 24.9 Å². The fourth-order valence-corrected chi connectivity index (χ4v) is 2.54. The molecule has 0 aliphatic heterocycles. The second kappa shape index (κ2) is 9.59. The van der Waals surface area contributed by atoms with Gasteiger partial charge < -0.3 is 25.8 Å². The van der Waals surface area contributed by atoms with Crippen LogP contribution in [0.2, 0.25) is 0 Å².